The van der Waals surface area contributed by atoms with Crippen LogP contribution in [0.4, 0.5) is 25.8 Å². The maximum absolute atomic E-state index is 14.7. The number of ether oxygens (including phenoxy) is 8. The van der Waals surface area contributed by atoms with E-state index in [-0.39, 0.29) is 141 Å². The lowest BCUT2D eigenvalue weighted by Gasteiger charge is -2.29. The zero-order chi connectivity index (χ0) is 69.6. The highest BCUT2D eigenvalue weighted by Crippen LogP contribution is 2.47. The predicted octanol–water partition coefficient (Wildman–Crippen LogP) is 11.9. The van der Waals surface area contributed by atoms with Crippen LogP contribution in [0.5, 0.6) is 23.0 Å². The monoisotopic (exact) mass is 1390 g/mol. The molecule has 6 N–H and O–H groups in total. The Morgan fingerprint density at radius 1 is 0.616 bits per heavy atom. The van der Waals surface area contributed by atoms with E-state index in [1.165, 1.54) is 52.8 Å². The zero-order valence-corrected chi connectivity index (χ0v) is 57.8. The van der Waals surface area contributed by atoms with Crippen LogP contribution in [-0.2, 0) is 23.7 Å². The lowest BCUT2D eigenvalue weighted by atomic mass is 9.98. The summed E-state index contributed by atoms with van der Waals surface area (Å²) in [6.07, 6.45) is 0.394. The maximum atomic E-state index is 14.7. The predicted molar refractivity (Wildman–Crippen MR) is 381 cm³/mol. The minimum absolute atomic E-state index is 0.0308. The molecule has 22 nitrogen and oxygen atoms in total. The first-order valence-corrected chi connectivity index (χ1v) is 35.7. The number of unbranched alkanes of at least 4 members (excludes halogenated alkanes) is 2. The molecule has 3 atom stereocenters. The number of likely N-dealkylation sites (tertiary alicyclic amines) is 2. The summed E-state index contributed by atoms with van der Waals surface area (Å²) in [4.78, 5) is 85.2. The van der Waals surface area contributed by atoms with Crippen molar-refractivity contribution in [2.24, 2.45) is 0 Å². The third-order valence-electron chi connectivity index (χ3n) is 18.0. The highest BCUT2D eigenvalue weighted by Gasteiger charge is 2.41. The second kappa shape index (κ2) is 33.1. The van der Waals surface area contributed by atoms with E-state index >= 15 is 0 Å². The number of rotatable bonds is 30. The molecule has 3 saturated heterocycles. The summed E-state index contributed by atoms with van der Waals surface area (Å²) < 4.78 is 46.9. The van der Waals surface area contributed by atoms with Gasteiger partial charge < -0.3 is 63.4 Å². The van der Waals surface area contributed by atoms with E-state index in [0.717, 1.165) is 55.7 Å². The van der Waals surface area contributed by atoms with Crippen LogP contribution in [-0.4, -0.2) is 173 Å². The smallest absolute Gasteiger partial charge is 0.411 e. The van der Waals surface area contributed by atoms with Gasteiger partial charge >= 0.3 is 18.3 Å². The number of hydrogen-bond donors (Lipinski definition) is 6. The SMILES string of the molecule is C=C1C[C@@H](CO)N(C(=O)c2cc(OC)c(OCCCCCOc3cc(NC(=O)OCC4c5ccccc5-c5ccccc54)c(C(=O)N4CC(=C)C[C@H]4C4NCCO4)cc3OC)cc2NC(=O)OCC(C)(C)SSCCC(=O)NCCNC(=O)OCC2c3ccccc3-c3ccccc32)C1. The Hall–Kier alpha value is -9.20. The van der Waals surface area contributed by atoms with Gasteiger partial charge in [0.05, 0.1) is 80.0 Å². The van der Waals surface area contributed by atoms with E-state index in [1.807, 2.05) is 74.5 Å². The van der Waals surface area contributed by atoms with Crippen LogP contribution in [0, 0.1) is 0 Å². The number of nitrogens with one attached hydrogen (secondary N) is 5. The molecule has 24 heteroatoms. The molecular weight excluding hydrogens is 1300 g/mol. The molecule has 1 unspecified atom stereocenters. The third-order valence-corrected chi connectivity index (χ3v) is 21.2. The molecule has 3 aliphatic heterocycles. The Balaban J connectivity index is 0.661. The first-order valence-electron chi connectivity index (χ1n) is 33.3. The van der Waals surface area contributed by atoms with E-state index < -0.39 is 35.0 Å². The van der Waals surface area contributed by atoms with Crippen molar-refractivity contribution in [3.05, 3.63) is 179 Å². The number of alkyl carbamates (subject to hydrolysis) is 1. The summed E-state index contributed by atoms with van der Waals surface area (Å²) in [7, 11) is 5.83. The molecule has 0 radical (unpaired) electrons. The number of anilines is 2. The van der Waals surface area contributed by atoms with E-state index in [0.29, 0.717) is 63.3 Å². The molecule has 6 aromatic rings. The first kappa shape index (κ1) is 71.1. The van der Waals surface area contributed by atoms with Gasteiger partial charge in [0.25, 0.3) is 11.8 Å². The van der Waals surface area contributed by atoms with Gasteiger partial charge in [0, 0.05) is 68.9 Å². The van der Waals surface area contributed by atoms with Crippen LogP contribution >= 0.6 is 21.6 Å². The Kier molecular flexibility index (Phi) is 23.8. The molecule has 6 aromatic carbocycles. The molecule has 5 aliphatic rings. The summed E-state index contributed by atoms with van der Waals surface area (Å²) in [6, 6.07) is 37.7. The van der Waals surface area contributed by atoms with Crippen LogP contribution < -0.4 is 45.5 Å². The highest BCUT2D eigenvalue weighted by atomic mass is 33.1. The maximum Gasteiger partial charge on any atom is 0.411 e. The molecule has 0 saturated carbocycles. The van der Waals surface area contributed by atoms with Crippen LogP contribution in [0.15, 0.2) is 146 Å². The number of hydrogen-bond acceptors (Lipinski definition) is 18. The van der Waals surface area contributed by atoms with Gasteiger partial charge in [-0.3, -0.25) is 30.3 Å². The van der Waals surface area contributed by atoms with E-state index in [2.05, 4.69) is 76.1 Å². The zero-order valence-electron chi connectivity index (χ0n) is 56.2. The molecule has 11 rings (SSSR count). The van der Waals surface area contributed by atoms with Gasteiger partial charge in [-0.2, -0.15) is 0 Å². The van der Waals surface area contributed by atoms with Gasteiger partial charge in [0.1, 0.15) is 26.0 Å². The fourth-order valence-electron chi connectivity index (χ4n) is 13.2. The topological polar surface area (TPSA) is 263 Å². The Morgan fingerprint density at radius 3 is 1.62 bits per heavy atom. The number of aliphatic hydroxyl groups excluding tert-OH is 1. The molecule has 0 aromatic heterocycles. The van der Waals surface area contributed by atoms with Crippen LogP contribution in [0.25, 0.3) is 22.3 Å². The van der Waals surface area contributed by atoms with Crippen molar-refractivity contribution in [2.45, 2.75) is 87.3 Å². The number of carbonyl (C=O) groups excluding carboxylic acids is 6. The van der Waals surface area contributed by atoms with Crippen molar-refractivity contribution >= 4 is 69.0 Å². The lowest BCUT2D eigenvalue weighted by molar-refractivity contribution is -0.120. The van der Waals surface area contributed by atoms with Crippen LogP contribution in [0.1, 0.15) is 107 Å². The normalized spacial score (nSPS) is 16.9. The fraction of sp³-hybridized carbons (Fsp3) is 0.387. The summed E-state index contributed by atoms with van der Waals surface area (Å²) in [6.45, 7) is 14.5. The quantitative estimate of drug-likeness (QED) is 0.0106. The molecule has 6 amide bonds. The van der Waals surface area contributed by atoms with Gasteiger partial charge in [-0.25, -0.2) is 14.4 Å². The minimum Gasteiger partial charge on any atom is -0.493 e. The largest absolute Gasteiger partial charge is 0.493 e. The lowest BCUT2D eigenvalue weighted by Crippen LogP contribution is -2.47. The standard InChI is InChI=1S/C75H85N7O15S2/c1-46-34-48(42-83)81(40-46)70(85)57-36-64(90-5)66(38-61(57)80-74(89)97-45-75(3,4)99-98-33-26-68(84)76-27-28-78-72(87)95-43-59-53-22-12-8-18-49(53)50-19-9-13-23-54(50)59)92-30-16-7-17-31-93-67-39-62(58(37-65(67)91-6)71(86)82-41-47(2)35-63(82)69-77-29-32-94-69)79-73(88)96-44-60-55-24-14-10-20-51(55)52-21-11-15-25-56(52)60/h8-15,18-25,36-39,48,59-60,63,69,77,83H,1-2,7,16-17,26-35,40-45H2,3-6H3,(H,76,84)(H,78,87)(H,79,88)(H,80,89)/t48-,63-,69?/m0/s1. The highest BCUT2D eigenvalue weighted by molar-refractivity contribution is 8.77. The third kappa shape index (κ3) is 17.3. The van der Waals surface area contributed by atoms with Gasteiger partial charge in [-0.05, 0) is 103 Å². The first-order chi connectivity index (χ1) is 48.0. The number of nitrogens with zero attached hydrogens (tertiary/aromatic N) is 2. The summed E-state index contributed by atoms with van der Waals surface area (Å²) >= 11 is 0. The van der Waals surface area contributed by atoms with E-state index in [9.17, 15) is 33.9 Å². The van der Waals surface area contributed by atoms with Crippen molar-refractivity contribution < 1.29 is 71.8 Å². The van der Waals surface area contributed by atoms with Gasteiger partial charge in [-0.1, -0.05) is 143 Å². The fourth-order valence-corrected chi connectivity index (χ4v) is 15.5. The van der Waals surface area contributed by atoms with E-state index in [1.54, 1.807) is 17.0 Å². The Bertz CT molecular complexity index is 3880. The number of carbonyl (C=O) groups is 6. The summed E-state index contributed by atoms with van der Waals surface area (Å²) in [5, 5.41) is 24.8. The number of fused-ring (bicyclic) bond motifs is 6. The molecule has 3 heterocycles. The molecule has 3 fully saturated rings. The Morgan fingerprint density at radius 2 is 1.10 bits per heavy atom. The molecule has 0 spiro atoms. The second-order valence-corrected chi connectivity index (χ2v) is 28.6. The van der Waals surface area contributed by atoms with Crippen molar-refractivity contribution in [1.82, 2.24) is 25.8 Å². The molecule has 0 bridgehead atoms. The molecular formula is C75H85N7O15S2. The molecule has 522 valence electrons. The van der Waals surface area contributed by atoms with Crippen molar-refractivity contribution in [1.29, 1.82) is 0 Å². The van der Waals surface area contributed by atoms with Crippen molar-refractivity contribution in [2.75, 3.05) is 110 Å². The van der Waals surface area contributed by atoms with Crippen LogP contribution in [0.3, 0.4) is 0 Å². The average molecular weight is 1390 g/mol. The average Bonchev–Trinajstić information content (AvgIpc) is 1.65. The summed E-state index contributed by atoms with van der Waals surface area (Å²) in [5.74, 6) is 0.265. The number of methoxy groups -OCH3 is 2. The van der Waals surface area contributed by atoms with Gasteiger partial charge in [0.2, 0.25) is 5.91 Å². The number of benzene rings is 6. The minimum atomic E-state index is -0.828. The van der Waals surface area contributed by atoms with Gasteiger partial charge in [-0.15, -0.1) is 0 Å². The number of amides is 6. The van der Waals surface area contributed by atoms with Crippen molar-refractivity contribution in [3.8, 4) is 45.3 Å². The van der Waals surface area contributed by atoms with Crippen LogP contribution in [0.2, 0.25) is 0 Å². The summed E-state index contributed by atoms with van der Waals surface area (Å²) in [5.41, 5.74) is 11.0. The number of aliphatic hydroxyl groups is 1. The van der Waals surface area contributed by atoms with E-state index in [4.69, 9.17) is 37.9 Å². The molecule has 99 heavy (non-hydrogen) atoms. The van der Waals surface area contributed by atoms with Crippen molar-refractivity contribution in [3.63, 3.8) is 0 Å². The Labute approximate surface area is 584 Å². The molecule has 2 aliphatic carbocycles. The second-order valence-electron chi connectivity index (χ2n) is 25.4. The van der Waals surface area contributed by atoms with Gasteiger partial charge in [0.15, 0.2) is 23.0 Å².